The molecule has 2 heterocycles. The maximum absolute atomic E-state index is 12.9. The molecule has 0 spiro atoms. The van der Waals surface area contributed by atoms with Crippen molar-refractivity contribution in [3.63, 3.8) is 0 Å². The van der Waals surface area contributed by atoms with E-state index in [1.54, 1.807) is 59.5 Å². The van der Waals surface area contributed by atoms with E-state index in [0.717, 1.165) is 15.4 Å². The SMILES string of the molecule is O=C1c2ccccc2C(=O)N1CN(CCc1ccccc1Cl)CN1C(=O)c2ccccc2C1=O. The lowest BCUT2D eigenvalue weighted by Gasteiger charge is -2.30. The summed E-state index contributed by atoms with van der Waals surface area (Å²) in [7, 11) is 0. The van der Waals surface area contributed by atoms with E-state index in [0.29, 0.717) is 40.2 Å². The molecule has 3 aromatic rings. The van der Waals surface area contributed by atoms with Gasteiger partial charge in [-0.25, -0.2) is 0 Å². The molecule has 2 aliphatic rings. The smallest absolute Gasteiger partial charge is 0.262 e. The zero-order valence-corrected chi connectivity index (χ0v) is 18.9. The third-order valence-corrected chi connectivity index (χ3v) is 6.46. The van der Waals surface area contributed by atoms with Crippen molar-refractivity contribution in [1.29, 1.82) is 0 Å². The zero-order valence-electron chi connectivity index (χ0n) is 18.1. The molecule has 0 radical (unpaired) electrons. The number of hydrogen-bond donors (Lipinski definition) is 0. The molecule has 0 bridgehead atoms. The van der Waals surface area contributed by atoms with Crippen LogP contribution in [0, 0.1) is 0 Å². The van der Waals surface area contributed by atoms with E-state index in [1.165, 1.54) is 0 Å². The summed E-state index contributed by atoms with van der Waals surface area (Å²) in [5.41, 5.74) is 2.27. The van der Waals surface area contributed by atoms with Gasteiger partial charge in [-0.2, -0.15) is 0 Å². The van der Waals surface area contributed by atoms with Gasteiger partial charge in [0.1, 0.15) is 0 Å². The molecule has 0 aliphatic carbocycles. The van der Waals surface area contributed by atoms with Crippen LogP contribution in [0.2, 0.25) is 5.02 Å². The first kappa shape index (κ1) is 22.0. The lowest BCUT2D eigenvalue weighted by Crippen LogP contribution is -2.48. The second-order valence-corrected chi connectivity index (χ2v) is 8.59. The number of halogens is 1. The predicted molar refractivity (Wildman–Crippen MR) is 125 cm³/mol. The maximum Gasteiger partial charge on any atom is 0.262 e. The summed E-state index contributed by atoms with van der Waals surface area (Å²) in [6.07, 6.45) is 0.506. The van der Waals surface area contributed by atoms with Gasteiger partial charge in [0.25, 0.3) is 23.6 Å². The van der Waals surface area contributed by atoms with E-state index >= 15 is 0 Å². The highest BCUT2D eigenvalue weighted by atomic mass is 35.5. The predicted octanol–water partition coefficient (Wildman–Crippen LogP) is 3.69. The van der Waals surface area contributed by atoms with Gasteiger partial charge in [0.15, 0.2) is 0 Å². The highest BCUT2D eigenvalue weighted by Crippen LogP contribution is 2.25. The van der Waals surface area contributed by atoms with Crippen LogP contribution in [-0.4, -0.2) is 58.2 Å². The van der Waals surface area contributed by atoms with Crippen LogP contribution < -0.4 is 0 Å². The fourth-order valence-electron chi connectivity index (χ4n) is 4.30. The van der Waals surface area contributed by atoms with Crippen LogP contribution >= 0.6 is 11.6 Å². The molecule has 8 heteroatoms. The van der Waals surface area contributed by atoms with Crippen LogP contribution in [0.15, 0.2) is 72.8 Å². The summed E-state index contributed by atoms with van der Waals surface area (Å²) in [5, 5.41) is 0.601. The minimum absolute atomic E-state index is 0.0653. The van der Waals surface area contributed by atoms with E-state index in [-0.39, 0.29) is 13.3 Å². The number of amides is 4. The number of fused-ring (bicyclic) bond motifs is 2. The van der Waals surface area contributed by atoms with Crippen LogP contribution in [-0.2, 0) is 6.42 Å². The highest BCUT2D eigenvalue weighted by molar-refractivity contribution is 6.31. The standard InChI is InChI=1S/C26H20ClN3O4/c27-22-12-6-1-7-17(22)13-14-28(15-29-23(31)18-8-2-3-9-19(18)24(29)32)16-30-25(33)20-10-4-5-11-21(20)26(30)34/h1-12H,13-16H2. The number of hydrogen-bond acceptors (Lipinski definition) is 5. The van der Waals surface area contributed by atoms with Gasteiger partial charge in [-0.3, -0.25) is 33.9 Å². The van der Waals surface area contributed by atoms with Crippen LogP contribution in [0.5, 0.6) is 0 Å². The van der Waals surface area contributed by atoms with Crippen molar-refractivity contribution >= 4 is 35.2 Å². The Kier molecular flexibility index (Phi) is 5.73. The molecule has 2 aliphatic heterocycles. The lowest BCUT2D eigenvalue weighted by molar-refractivity contribution is 0.0399. The summed E-state index contributed by atoms with van der Waals surface area (Å²) >= 11 is 6.31. The third-order valence-electron chi connectivity index (χ3n) is 6.09. The monoisotopic (exact) mass is 473 g/mol. The van der Waals surface area contributed by atoms with Gasteiger partial charge in [-0.1, -0.05) is 54.1 Å². The topological polar surface area (TPSA) is 78.0 Å². The molecule has 0 saturated heterocycles. The minimum atomic E-state index is -0.397. The summed E-state index contributed by atoms with van der Waals surface area (Å²) in [6, 6.07) is 20.7. The Hall–Kier alpha value is -3.81. The fourth-order valence-corrected chi connectivity index (χ4v) is 4.53. The van der Waals surface area contributed by atoms with Crippen LogP contribution in [0.25, 0.3) is 0 Å². The Labute approximate surface area is 201 Å². The molecule has 5 rings (SSSR count). The van der Waals surface area contributed by atoms with Gasteiger partial charge >= 0.3 is 0 Å². The molecule has 0 aromatic heterocycles. The average molecular weight is 474 g/mol. The summed E-state index contributed by atoms with van der Waals surface area (Å²) < 4.78 is 0. The maximum atomic E-state index is 12.9. The van der Waals surface area contributed by atoms with Crippen molar-refractivity contribution < 1.29 is 19.2 Å². The Morgan fingerprint density at radius 2 is 0.971 bits per heavy atom. The Morgan fingerprint density at radius 3 is 1.38 bits per heavy atom. The van der Waals surface area contributed by atoms with Crippen molar-refractivity contribution in [1.82, 2.24) is 14.7 Å². The van der Waals surface area contributed by atoms with E-state index in [4.69, 9.17) is 11.6 Å². The van der Waals surface area contributed by atoms with Crippen LogP contribution in [0.1, 0.15) is 47.0 Å². The minimum Gasteiger partial charge on any atom is -0.269 e. The molecular weight excluding hydrogens is 454 g/mol. The first-order valence-corrected chi connectivity index (χ1v) is 11.2. The number of imide groups is 2. The van der Waals surface area contributed by atoms with E-state index in [9.17, 15) is 19.2 Å². The quantitative estimate of drug-likeness (QED) is 0.489. The second-order valence-electron chi connectivity index (χ2n) is 8.19. The Bertz CT molecular complexity index is 1190. The van der Waals surface area contributed by atoms with Gasteiger partial charge in [0.05, 0.1) is 35.6 Å². The van der Waals surface area contributed by atoms with Crippen molar-refractivity contribution in [2.24, 2.45) is 0 Å². The largest absolute Gasteiger partial charge is 0.269 e. The summed E-state index contributed by atoms with van der Waals surface area (Å²) in [6.45, 7) is 0.235. The van der Waals surface area contributed by atoms with Gasteiger partial charge in [0, 0.05) is 11.6 Å². The first-order chi connectivity index (χ1) is 16.5. The molecule has 0 fully saturated rings. The Balaban J connectivity index is 1.40. The van der Waals surface area contributed by atoms with E-state index < -0.39 is 23.6 Å². The number of rotatable bonds is 7. The number of carbonyl (C=O) groups is 4. The summed E-state index contributed by atoms with van der Waals surface area (Å²) in [5.74, 6) is -1.59. The van der Waals surface area contributed by atoms with Crippen molar-refractivity contribution in [3.05, 3.63) is 106 Å². The van der Waals surface area contributed by atoms with Crippen LogP contribution in [0.4, 0.5) is 0 Å². The highest BCUT2D eigenvalue weighted by Gasteiger charge is 2.39. The van der Waals surface area contributed by atoms with Gasteiger partial charge in [-0.05, 0) is 42.3 Å². The molecule has 7 nitrogen and oxygen atoms in total. The molecule has 4 amide bonds. The molecule has 170 valence electrons. The van der Waals surface area contributed by atoms with Gasteiger partial charge in [0.2, 0.25) is 0 Å². The number of nitrogens with zero attached hydrogens (tertiary/aromatic N) is 3. The lowest BCUT2D eigenvalue weighted by atomic mass is 10.1. The number of benzene rings is 3. The number of carbonyl (C=O) groups excluding carboxylic acids is 4. The molecular formula is C26H20ClN3O4. The van der Waals surface area contributed by atoms with Crippen molar-refractivity contribution in [3.8, 4) is 0 Å². The normalized spacial score (nSPS) is 14.9. The molecule has 3 aromatic carbocycles. The fraction of sp³-hybridized carbons (Fsp3) is 0.154. The van der Waals surface area contributed by atoms with Crippen LogP contribution in [0.3, 0.4) is 0 Å². The molecule has 0 atom stereocenters. The molecule has 0 N–H and O–H groups in total. The van der Waals surface area contributed by atoms with Crippen molar-refractivity contribution in [2.75, 3.05) is 19.9 Å². The van der Waals surface area contributed by atoms with Gasteiger partial charge in [-0.15, -0.1) is 0 Å². The Morgan fingerprint density at radius 1 is 0.588 bits per heavy atom. The summed E-state index contributed by atoms with van der Waals surface area (Å²) in [4.78, 5) is 55.7. The van der Waals surface area contributed by atoms with E-state index in [1.807, 2.05) is 18.2 Å². The third kappa shape index (κ3) is 3.79. The first-order valence-electron chi connectivity index (χ1n) is 10.8. The van der Waals surface area contributed by atoms with E-state index in [2.05, 4.69) is 0 Å². The van der Waals surface area contributed by atoms with Gasteiger partial charge < -0.3 is 0 Å². The second kappa shape index (κ2) is 8.85. The molecule has 0 unspecified atom stereocenters. The van der Waals surface area contributed by atoms with Crippen molar-refractivity contribution in [2.45, 2.75) is 6.42 Å². The molecule has 34 heavy (non-hydrogen) atoms. The molecule has 0 saturated carbocycles. The average Bonchev–Trinajstić information content (AvgIpc) is 3.24. The zero-order chi connectivity index (χ0) is 23.8.